The maximum atomic E-state index is 12.7. The maximum absolute atomic E-state index is 12.7. The smallest absolute Gasteiger partial charge is 0.308 e. The molecule has 0 radical (unpaired) electrons. The number of thiazole rings is 1. The van der Waals surface area contributed by atoms with Gasteiger partial charge >= 0.3 is 4.87 Å². The predicted octanol–water partition coefficient (Wildman–Crippen LogP) is 4.12. The van der Waals surface area contributed by atoms with E-state index >= 15 is 0 Å². The molecular formula is C22H19ClN2O4S2. The zero-order chi connectivity index (χ0) is 21.8. The van der Waals surface area contributed by atoms with Crippen LogP contribution >= 0.6 is 22.9 Å². The second-order valence-corrected chi connectivity index (χ2v) is 9.91. The van der Waals surface area contributed by atoms with Gasteiger partial charge in [0.1, 0.15) is 12.4 Å². The molecule has 1 aromatic heterocycles. The molecule has 0 fully saturated rings. The van der Waals surface area contributed by atoms with Crippen LogP contribution in [0.15, 0.2) is 82.5 Å². The molecule has 6 nitrogen and oxygen atoms in total. The van der Waals surface area contributed by atoms with Gasteiger partial charge < -0.3 is 4.74 Å². The zero-order valence-electron chi connectivity index (χ0n) is 16.3. The van der Waals surface area contributed by atoms with Crippen molar-refractivity contribution in [2.45, 2.75) is 11.4 Å². The average Bonchev–Trinajstić information content (AvgIpc) is 3.07. The van der Waals surface area contributed by atoms with Crippen LogP contribution in [0.3, 0.4) is 0 Å². The van der Waals surface area contributed by atoms with Crippen LogP contribution in [0.1, 0.15) is 5.56 Å². The van der Waals surface area contributed by atoms with Crippen molar-refractivity contribution in [1.82, 2.24) is 9.29 Å². The highest BCUT2D eigenvalue weighted by Crippen LogP contribution is 2.24. The van der Waals surface area contributed by atoms with Gasteiger partial charge in [-0.15, -0.1) is 0 Å². The molecule has 1 N–H and O–H groups in total. The van der Waals surface area contributed by atoms with Crippen molar-refractivity contribution in [3.05, 3.63) is 93.0 Å². The first-order chi connectivity index (χ1) is 14.9. The largest absolute Gasteiger partial charge is 0.491 e. The Kier molecular flexibility index (Phi) is 6.43. The number of rotatable bonds is 8. The highest BCUT2D eigenvalue weighted by Gasteiger charge is 2.17. The normalized spacial score (nSPS) is 11.6. The van der Waals surface area contributed by atoms with Crippen LogP contribution in [0.25, 0.3) is 10.2 Å². The molecule has 0 aliphatic rings. The fraction of sp³-hybridized carbons (Fsp3) is 0.136. The first-order valence-electron chi connectivity index (χ1n) is 9.48. The SMILES string of the molecule is O=c1sc2cc(S(=O)(=O)NCCOc3ccccc3Cl)ccc2n1Cc1ccccc1. The number of hydrogen-bond donors (Lipinski definition) is 1. The van der Waals surface area contributed by atoms with Crippen molar-refractivity contribution in [1.29, 1.82) is 0 Å². The predicted molar refractivity (Wildman–Crippen MR) is 124 cm³/mol. The van der Waals surface area contributed by atoms with E-state index in [1.54, 1.807) is 34.9 Å². The average molecular weight is 475 g/mol. The standard InChI is InChI=1S/C22H19ClN2O4S2/c23-18-8-4-5-9-20(18)29-13-12-24-31(27,28)17-10-11-19-21(14-17)30-22(26)25(19)15-16-6-2-1-3-7-16/h1-11,14,24H,12-13,15H2. The van der Waals surface area contributed by atoms with Crippen molar-refractivity contribution in [2.24, 2.45) is 0 Å². The zero-order valence-corrected chi connectivity index (χ0v) is 18.7. The summed E-state index contributed by atoms with van der Waals surface area (Å²) >= 11 is 7.05. The van der Waals surface area contributed by atoms with Crippen LogP contribution in [0.5, 0.6) is 5.75 Å². The molecule has 0 aliphatic heterocycles. The molecule has 0 atom stereocenters. The van der Waals surface area contributed by atoms with Crippen molar-refractivity contribution in [2.75, 3.05) is 13.2 Å². The number of halogens is 1. The lowest BCUT2D eigenvalue weighted by Gasteiger charge is -2.10. The fourth-order valence-corrected chi connectivity index (χ4v) is 5.35. The number of benzene rings is 3. The van der Waals surface area contributed by atoms with Gasteiger partial charge in [0, 0.05) is 6.54 Å². The van der Waals surface area contributed by atoms with Gasteiger partial charge in [0.15, 0.2) is 0 Å². The molecule has 0 saturated carbocycles. The van der Waals surface area contributed by atoms with Crippen molar-refractivity contribution in [3.8, 4) is 5.75 Å². The Labute approximate surface area is 188 Å². The Morgan fingerprint density at radius 2 is 1.74 bits per heavy atom. The Balaban J connectivity index is 1.47. The molecule has 9 heteroatoms. The summed E-state index contributed by atoms with van der Waals surface area (Å²) in [5, 5.41) is 0.464. The van der Waals surface area contributed by atoms with E-state index in [1.807, 2.05) is 30.3 Å². The second-order valence-electron chi connectivity index (χ2n) is 6.75. The second kappa shape index (κ2) is 9.23. The first-order valence-corrected chi connectivity index (χ1v) is 12.2. The molecule has 1 heterocycles. The molecular weight excluding hydrogens is 456 g/mol. The maximum Gasteiger partial charge on any atom is 0.308 e. The molecule has 0 amide bonds. The third-order valence-corrected chi connectivity index (χ3v) is 7.33. The number of ether oxygens (including phenoxy) is 1. The van der Waals surface area contributed by atoms with Crippen molar-refractivity contribution < 1.29 is 13.2 Å². The summed E-state index contributed by atoms with van der Waals surface area (Å²) < 4.78 is 35.6. The van der Waals surface area contributed by atoms with Crippen LogP contribution in [0, 0.1) is 0 Å². The van der Waals surface area contributed by atoms with Gasteiger partial charge in [0.05, 0.1) is 26.7 Å². The summed E-state index contributed by atoms with van der Waals surface area (Å²) in [6, 6.07) is 21.3. The lowest BCUT2D eigenvalue weighted by atomic mass is 10.2. The van der Waals surface area contributed by atoms with Gasteiger partial charge in [0.25, 0.3) is 0 Å². The van der Waals surface area contributed by atoms with Crippen LogP contribution < -0.4 is 14.3 Å². The van der Waals surface area contributed by atoms with Gasteiger partial charge in [-0.1, -0.05) is 65.4 Å². The van der Waals surface area contributed by atoms with Gasteiger partial charge in [-0.05, 0) is 35.9 Å². The van der Waals surface area contributed by atoms with Crippen LogP contribution in [-0.2, 0) is 16.6 Å². The molecule has 160 valence electrons. The summed E-state index contributed by atoms with van der Waals surface area (Å²) in [4.78, 5) is 12.4. The van der Waals surface area contributed by atoms with Gasteiger partial charge in [-0.3, -0.25) is 9.36 Å². The fourth-order valence-electron chi connectivity index (χ4n) is 3.11. The Morgan fingerprint density at radius 1 is 1.00 bits per heavy atom. The topological polar surface area (TPSA) is 77.4 Å². The van der Waals surface area contributed by atoms with E-state index in [-0.39, 0.29) is 22.9 Å². The number of nitrogens with one attached hydrogen (secondary N) is 1. The molecule has 0 bridgehead atoms. The summed E-state index contributed by atoms with van der Waals surface area (Å²) in [5.41, 5.74) is 1.71. The Morgan fingerprint density at radius 3 is 2.52 bits per heavy atom. The van der Waals surface area contributed by atoms with Crippen LogP contribution in [-0.4, -0.2) is 26.1 Å². The number of aromatic nitrogens is 1. The molecule has 0 aliphatic carbocycles. The molecule has 0 saturated heterocycles. The lowest BCUT2D eigenvalue weighted by Crippen LogP contribution is -2.28. The van der Waals surface area contributed by atoms with Crippen molar-refractivity contribution >= 4 is 43.2 Å². The highest BCUT2D eigenvalue weighted by molar-refractivity contribution is 7.89. The van der Waals surface area contributed by atoms with Gasteiger partial charge in [0.2, 0.25) is 10.0 Å². The molecule has 0 unspecified atom stereocenters. The van der Waals surface area contributed by atoms with E-state index < -0.39 is 10.0 Å². The van der Waals surface area contributed by atoms with Gasteiger partial charge in [-0.25, -0.2) is 13.1 Å². The number of fused-ring (bicyclic) bond motifs is 1. The van der Waals surface area contributed by atoms with E-state index in [9.17, 15) is 13.2 Å². The highest BCUT2D eigenvalue weighted by atomic mass is 35.5. The van der Waals surface area contributed by atoms with Gasteiger partial charge in [-0.2, -0.15) is 0 Å². The van der Waals surface area contributed by atoms with E-state index in [0.717, 1.165) is 16.9 Å². The molecule has 4 rings (SSSR count). The summed E-state index contributed by atoms with van der Waals surface area (Å²) in [6.07, 6.45) is 0. The number of hydrogen-bond acceptors (Lipinski definition) is 5. The summed E-state index contributed by atoms with van der Waals surface area (Å²) in [7, 11) is -3.75. The lowest BCUT2D eigenvalue weighted by molar-refractivity contribution is 0.323. The van der Waals surface area contributed by atoms with E-state index in [1.165, 1.54) is 12.1 Å². The van der Waals surface area contributed by atoms with E-state index in [2.05, 4.69) is 4.72 Å². The van der Waals surface area contributed by atoms with Crippen LogP contribution in [0.2, 0.25) is 5.02 Å². The summed E-state index contributed by atoms with van der Waals surface area (Å²) in [5.74, 6) is 0.495. The minimum absolute atomic E-state index is 0.0802. The monoisotopic (exact) mass is 474 g/mol. The number of sulfonamides is 1. The minimum atomic E-state index is -3.75. The van der Waals surface area contributed by atoms with E-state index in [4.69, 9.17) is 16.3 Å². The van der Waals surface area contributed by atoms with Crippen LogP contribution in [0.4, 0.5) is 0 Å². The third-order valence-electron chi connectivity index (χ3n) is 4.62. The number of para-hydroxylation sites is 1. The third kappa shape index (κ3) is 4.99. The van der Waals surface area contributed by atoms with E-state index in [0.29, 0.717) is 27.5 Å². The quantitative estimate of drug-likeness (QED) is 0.390. The molecule has 4 aromatic rings. The number of nitrogens with zero attached hydrogens (tertiary/aromatic N) is 1. The first kappa shape index (κ1) is 21.6. The minimum Gasteiger partial charge on any atom is -0.491 e. The Hall–Kier alpha value is -2.65. The molecule has 31 heavy (non-hydrogen) atoms. The molecule has 3 aromatic carbocycles. The Bertz CT molecular complexity index is 1370. The van der Waals surface area contributed by atoms with Crippen molar-refractivity contribution in [3.63, 3.8) is 0 Å². The summed E-state index contributed by atoms with van der Waals surface area (Å²) in [6.45, 7) is 0.645. The molecule has 0 spiro atoms.